The van der Waals surface area contributed by atoms with E-state index in [2.05, 4.69) is 6.58 Å². The summed E-state index contributed by atoms with van der Waals surface area (Å²) in [6, 6.07) is 2.76. The van der Waals surface area contributed by atoms with Crippen LogP contribution in [0.15, 0.2) is 24.3 Å². The summed E-state index contributed by atoms with van der Waals surface area (Å²) in [5, 5.41) is 28.6. The monoisotopic (exact) mass is 294 g/mol. The zero-order chi connectivity index (χ0) is 16.0. The van der Waals surface area contributed by atoms with Gasteiger partial charge in [-0.2, -0.15) is 0 Å². The third-order valence-electron chi connectivity index (χ3n) is 3.23. The van der Waals surface area contributed by atoms with Crippen molar-refractivity contribution in [2.24, 2.45) is 0 Å². The summed E-state index contributed by atoms with van der Waals surface area (Å²) in [6.07, 6.45) is 2.63. The summed E-state index contributed by atoms with van der Waals surface area (Å²) in [7, 11) is 0. The van der Waals surface area contributed by atoms with Crippen molar-refractivity contribution in [3.8, 4) is 17.2 Å². The van der Waals surface area contributed by atoms with Crippen LogP contribution in [0.25, 0.3) is 0 Å². The lowest BCUT2D eigenvalue weighted by Gasteiger charge is -2.18. The Kier molecular flexibility index (Phi) is 6.09. The molecule has 0 aliphatic heterocycles. The first-order chi connectivity index (χ1) is 9.86. The molecule has 1 rings (SSSR count). The van der Waals surface area contributed by atoms with Gasteiger partial charge in [-0.15, -0.1) is 0 Å². The van der Waals surface area contributed by atoms with Crippen LogP contribution in [-0.2, 0) is 9.53 Å². The van der Waals surface area contributed by atoms with E-state index in [0.717, 1.165) is 19.3 Å². The van der Waals surface area contributed by atoms with E-state index in [1.165, 1.54) is 12.1 Å². The molecule has 0 spiro atoms. The number of ether oxygens (including phenoxy) is 1. The molecule has 5 nitrogen and oxygen atoms in total. The average molecular weight is 294 g/mol. The van der Waals surface area contributed by atoms with E-state index in [4.69, 9.17) is 4.74 Å². The summed E-state index contributed by atoms with van der Waals surface area (Å²) >= 11 is 0. The molecule has 1 aromatic carbocycles. The van der Waals surface area contributed by atoms with E-state index < -0.39 is 23.2 Å². The first kappa shape index (κ1) is 16.9. The topological polar surface area (TPSA) is 87.0 Å². The Morgan fingerprint density at radius 3 is 2.33 bits per heavy atom. The van der Waals surface area contributed by atoms with Gasteiger partial charge in [-0.25, -0.2) is 4.79 Å². The van der Waals surface area contributed by atoms with Crippen molar-refractivity contribution in [3.63, 3.8) is 0 Å². The van der Waals surface area contributed by atoms with E-state index in [1.807, 2.05) is 6.92 Å². The number of rotatable bonds is 7. The lowest BCUT2D eigenvalue weighted by atomic mass is 9.93. The van der Waals surface area contributed by atoms with E-state index in [9.17, 15) is 20.1 Å². The van der Waals surface area contributed by atoms with E-state index in [1.54, 1.807) is 6.92 Å². The second-order valence-corrected chi connectivity index (χ2v) is 5.13. The number of hydrogen-bond acceptors (Lipinski definition) is 5. The molecule has 1 aromatic rings. The lowest BCUT2D eigenvalue weighted by molar-refractivity contribution is -0.139. The fraction of sp³-hybridized carbons (Fsp3) is 0.438. The van der Waals surface area contributed by atoms with Gasteiger partial charge in [0.2, 0.25) is 0 Å². The van der Waals surface area contributed by atoms with Crippen molar-refractivity contribution >= 4 is 5.97 Å². The van der Waals surface area contributed by atoms with Gasteiger partial charge in [0, 0.05) is 11.5 Å². The Hall–Kier alpha value is -2.17. The van der Waals surface area contributed by atoms with Gasteiger partial charge in [-0.1, -0.05) is 26.3 Å². The number of hydrogen-bond donors (Lipinski definition) is 3. The smallest absolute Gasteiger partial charge is 0.333 e. The standard InChI is InChI=1S/C16H22O5/c1-4-5-6-11(9-21-16(20)10(2)3)12-7-13(17)15(19)14(18)8-12/h7-8,11,17-19H,2,4-6,9H2,1,3H3. The summed E-state index contributed by atoms with van der Waals surface area (Å²) in [6.45, 7) is 7.27. The van der Waals surface area contributed by atoms with Crippen LogP contribution >= 0.6 is 0 Å². The molecule has 0 aliphatic rings. The molecular formula is C16H22O5. The number of phenols is 3. The molecule has 5 heteroatoms. The van der Waals surface area contributed by atoms with Gasteiger partial charge < -0.3 is 20.1 Å². The van der Waals surface area contributed by atoms with Crippen LogP contribution in [0, 0.1) is 0 Å². The highest BCUT2D eigenvalue weighted by Crippen LogP contribution is 2.38. The van der Waals surface area contributed by atoms with Crippen LogP contribution in [-0.4, -0.2) is 27.9 Å². The highest BCUT2D eigenvalue weighted by Gasteiger charge is 2.18. The van der Waals surface area contributed by atoms with Gasteiger partial charge >= 0.3 is 5.97 Å². The van der Waals surface area contributed by atoms with Crippen molar-refractivity contribution < 1.29 is 24.9 Å². The third-order valence-corrected chi connectivity index (χ3v) is 3.23. The van der Waals surface area contributed by atoms with Gasteiger partial charge in [0.25, 0.3) is 0 Å². The summed E-state index contributed by atoms with van der Waals surface area (Å²) in [4.78, 5) is 11.5. The zero-order valence-corrected chi connectivity index (χ0v) is 12.4. The van der Waals surface area contributed by atoms with Crippen molar-refractivity contribution in [1.29, 1.82) is 0 Å². The van der Waals surface area contributed by atoms with Crippen LogP contribution in [0.3, 0.4) is 0 Å². The third kappa shape index (κ3) is 4.70. The predicted octanol–water partition coefficient (Wildman–Crippen LogP) is 3.20. The molecule has 0 bridgehead atoms. The molecule has 21 heavy (non-hydrogen) atoms. The van der Waals surface area contributed by atoms with Crippen molar-refractivity contribution in [2.75, 3.05) is 6.61 Å². The van der Waals surface area contributed by atoms with Crippen LogP contribution in [0.5, 0.6) is 17.2 Å². The Balaban J connectivity index is 2.91. The maximum absolute atomic E-state index is 11.5. The van der Waals surface area contributed by atoms with E-state index >= 15 is 0 Å². The number of phenolic OH excluding ortho intramolecular Hbond substituents is 3. The van der Waals surface area contributed by atoms with Crippen molar-refractivity contribution in [1.82, 2.24) is 0 Å². The van der Waals surface area contributed by atoms with Gasteiger partial charge in [0.15, 0.2) is 17.2 Å². The second-order valence-electron chi connectivity index (χ2n) is 5.13. The molecule has 0 aliphatic carbocycles. The second kappa shape index (κ2) is 7.57. The van der Waals surface area contributed by atoms with Crippen LogP contribution in [0.2, 0.25) is 0 Å². The first-order valence-corrected chi connectivity index (χ1v) is 6.94. The molecular weight excluding hydrogens is 272 g/mol. The Morgan fingerprint density at radius 1 is 1.29 bits per heavy atom. The molecule has 0 saturated heterocycles. The van der Waals surface area contributed by atoms with Crippen LogP contribution < -0.4 is 0 Å². The normalized spacial score (nSPS) is 11.9. The minimum Gasteiger partial charge on any atom is -0.504 e. The summed E-state index contributed by atoms with van der Waals surface area (Å²) < 4.78 is 5.16. The maximum atomic E-state index is 11.5. The summed E-state index contributed by atoms with van der Waals surface area (Å²) in [5.41, 5.74) is 0.936. The highest BCUT2D eigenvalue weighted by molar-refractivity contribution is 5.86. The van der Waals surface area contributed by atoms with Gasteiger partial charge in [-0.05, 0) is 31.0 Å². The molecule has 0 amide bonds. The number of carbonyl (C=O) groups is 1. The number of unbranched alkanes of at least 4 members (excludes halogenated alkanes) is 1. The van der Waals surface area contributed by atoms with Gasteiger partial charge in [0.05, 0.1) is 6.61 Å². The zero-order valence-electron chi connectivity index (χ0n) is 12.4. The molecule has 3 N–H and O–H groups in total. The molecule has 0 radical (unpaired) electrons. The fourth-order valence-electron chi connectivity index (χ4n) is 1.96. The lowest BCUT2D eigenvalue weighted by Crippen LogP contribution is -2.13. The van der Waals surface area contributed by atoms with Gasteiger partial charge in [0.1, 0.15) is 0 Å². The molecule has 116 valence electrons. The van der Waals surface area contributed by atoms with Gasteiger partial charge in [-0.3, -0.25) is 0 Å². The largest absolute Gasteiger partial charge is 0.504 e. The van der Waals surface area contributed by atoms with E-state index in [-0.39, 0.29) is 12.5 Å². The fourth-order valence-corrected chi connectivity index (χ4v) is 1.96. The molecule has 0 heterocycles. The van der Waals surface area contributed by atoms with E-state index in [0.29, 0.717) is 11.1 Å². The number of esters is 1. The van der Waals surface area contributed by atoms with Crippen LogP contribution in [0.4, 0.5) is 0 Å². The van der Waals surface area contributed by atoms with Crippen LogP contribution in [0.1, 0.15) is 44.6 Å². The summed E-state index contributed by atoms with van der Waals surface area (Å²) in [5.74, 6) is -1.96. The Labute approximate surface area is 124 Å². The first-order valence-electron chi connectivity index (χ1n) is 6.94. The SMILES string of the molecule is C=C(C)C(=O)OCC(CCCC)c1cc(O)c(O)c(O)c1. The molecule has 0 saturated carbocycles. The minimum absolute atomic E-state index is 0.134. The quantitative estimate of drug-likeness (QED) is 0.408. The number of benzene rings is 1. The number of carbonyl (C=O) groups excluding carboxylic acids is 1. The Morgan fingerprint density at radius 2 is 1.86 bits per heavy atom. The van der Waals surface area contributed by atoms with Crippen molar-refractivity contribution in [2.45, 2.75) is 39.0 Å². The number of aromatic hydroxyl groups is 3. The average Bonchev–Trinajstić information content (AvgIpc) is 2.43. The predicted molar refractivity (Wildman–Crippen MR) is 79.5 cm³/mol. The molecule has 1 atom stereocenters. The Bertz CT molecular complexity index is 498. The molecule has 0 aromatic heterocycles. The molecule has 0 fully saturated rings. The molecule has 1 unspecified atom stereocenters. The van der Waals surface area contributed by atoms with Crippen molar-refractivity contribution in [3.05, 3.63) is 29.8 Å². The highest BCUT2D eigenvalue weighted by atomic mass is 16.5. The minimum atomic E-state index is -0.549. The maximum Gasteiger partial charge on any atom is 0.333 e.